The van der Waals surface area contributed by atoms with Crippen molar-refractivity contribution in [1.82, 2.24) is 15.1 Å². The third kappa shape index (κ3) is 6.03. The van der Waals surface area contributed by atoms with Gasteiger partial charge in [0.25, 0.3) is 5.56 Å². The fraction of sp³-hybridized carbons (Fsp3) is 0.231. The fourth-order valence-electron chi connectivity index (χ4n) is 3.42. The minimum atomic E-state index is -0.794. The summed E-state index contributed by atoms with van der Waals surface area (Å²) < 4.78 is 15.5. The second kappa shape index (κ2) is 12.2. The quantitative estimate of drug-likeness (QED) is 0.259. The molecule has 3 rings (SSSR count). The number of nitriles is 1. The molecule has 3 aromatic rings. The van der Waals surface area contributed by atoms with Crippen LogP contribution >= 0.6 is 0 Å². The first-order valence-electron chi connectivity index (χ1n) is 10.9. The summed E-state index contributed by atoms with van der Waals surface area (Å²) in [5.74, 6) is 0.471. The smallest absolute Gasteiger partial charge is 0.274 e. The number of alkyl halides is 1. The topological polar surface area (TPSA) is 103 Å². The molecule has 0 saturated heterocycles. The standard InChI is InChI=1S/C26H26FN5O2/c1-29-24(30-14-4-5-15-33)13-12-21(16-27)25-22-6-2-3-7-23(22)26(34)32(31-25)18-20-10-8-19(17-28)9-11-20/h2-3,6-13,30,33H,1,4-5,14-16,18H2/b21-12+,24-13+. The van der Waals surface area contributed by atoms with Gasteiger partial charge in [-0.05, 0) is 49.4 Å². The first-order chi connectivity index (χ1) is 16.6. The maximum absolute atomic E-state index is 14.2. The van der Waals surface area contributed by atoms with Crippen LogP contribution in [0, 0.1) is 11.3 Å². The fourth-order valence-corrected chi connectivity index (χ4v) is 3.42. The number of aliphatic hydroxyl groups excluding tert-OH is 1. The maximum atomic E-state index is 14.2. The average molecular weight is 460 g/mol. The van der Waals surface area contributed by atoms with Crippen LogP contribution in [0.5, 0.6) is 0 Å². The van der Waals surface area contributed by atoms with Gasteiger partial charge in [-0.2, -0.15) is 10.4 Å². The van der Waals surface area contributed by atoms with Crippen LogP contribution in [0.1, 0.15) is 29.7 Å². The number of hydrogen-bond acceptors (Lipinski definition) is 6. The highest BCUT2D eigenvalue weighted by Gasteiger charge is 2.14. The Balaban J connectivity index is 2.01. The van der Waals surface area contributed by atoms with Crippen LogP contribution in [0.3, 0.4) is 0 Å². The number of benzene rings is 2. The summed E-state index contributed by atoms with van der Waals surface area (Å²) in [6.07, 6.45) is 4.62. The van der Waals surface area contributed by atoms with Gasteiger partial charge in [0.1, 0.15) is 12.5 Å². The molecule has 0 aliphatic rings. The van der Waals surface area contributed by atoms with Crippen molar-refractivity contribution < 1.29 is 9.50 Å². The molecule has 1 aromatic heterocycles. The Labute approximate surface area is 197 Å². The van der Waals surface area contributed by atoms with Gasteiger partial charge >= 0.3 is 0 Å². The molecule has 0 atom stereocenters. The van der Waals surface area contributed by atoms with Crippen molar-refractivity contribution in [3.63, 3.8) is 0 Å². The number of aliphatic hydroxyl groups is 1. The van der Waals surface area contributed by atoms with E-state index in [1.54, 1.807) is 60.7 Å². The molecule has 174 valence electrons. The molecule has 1 heterocycles. The molecule has 0 bridgehead atoms. The van der Waals surface area contributed by atoms with Gasteiger partial charge in [0.2, 0.25) is 0 Å². The van der Waals surface area contributed by atoms with Crippen LogP contribution in [0.4, 0.5) is 4.39 Å². The second-order valence-corrected chi connectivity index (χ2v) is 7.56. The number of nitrogens with one attached hydrogen (secondary N) is 1. The van der Waals surface area contributed by atoms with E-state index >= 15 is 0 Å². The Morgan fingerprint density at radius 1 is 1.18 bits per heavy atom. The number of nitrogens with zero attached hydrogens (tertiary/aromatic N) is 4. The van der Waals surface area contributed by atoms with Crippen LogP contribution in [0.15, 0.2) is 76.3 Å². The number of allylic oxidation sites excluding steroid dienone is 3. The minimum Gasteiger partial charge on any atom is -0.396 e. The molecular weight excluding hydrogens is 433 g/mol. The maximum Gasteiger partial charge on any atom is 0.274 e. The number of aliphatic imine (C=N–C) groups is 1. The number of fused-ring (bicyclic) bond motifs is 1. The highest BCUT2D eigenvalue weighted by Crippen LogP contribution is 2.22. The molecule has 0 unspecified atom stereocenters. The number of rotatable bonds is 11. The third-order valence-electron chi connectivity index (χ3n) is 5.23. The van der Waals surface area contributed by atoms with E-state index in [-0.39, 0.29) is 18.7 Å². The van der Waals surface area contributed by atoms with Gasteiger partial charge in [-0.15, -0.1) is 0 Å². The van der Waals surface area contributed by atoms with Crippen LogP contribution in [-0.4, -0.2) is 41.4 Å². The summed E-state index contributed by atoms with van der Waals surface area (Å²) in [5, 5.41) is 26.5. The van der Waals surface area contributed by atoms with E-state index < -0.39 is 6.67 Å². The lowest BCUT2D eigenvalue weighted by atomic mass is 10.1. The van der Waals surface area contributed by atoms with Gasteiger partial charge in [0.15, 0.2) is 0 Å². The average Bonchev–Trinajstić information content (AvgIpc) is 2.88. The van der Waals surface area contributed by atoms with Crippen molar-refractivity contribution in [3.05, 3.63) is 93.7 Å². The zero-order chi connectivity index (χ0) is 24.3. The molecule has 34 heavy (non-hydrogen) atoms. The highest BCUT2D eigenvalue weighted by atomic mass is 19.1. The molecule has 8 heteroatoms. The lowest BCUT2D eigenvalue weighted by Gasteiger charge is -2.12. The van der Waals surface area contributed by atoms with Crippen molar-refractivity contribution in [2.75, 3.05) is 19.8 Å². The van der Waals surface area contributed by atoms with E-state index in [0.717, 1.165) is 12.0 Å². The molecule has 0 radical (unpaired) electrons. The lowest BCUT2D eigenvalue weighted by Crippen LogP contribution is -2.25. The zero-order valence-electron chi connectivity index (χ0n) is 18.7. The summed E-state index contributed by atoms with van der Waals surface area (Å²) in [6, 6.07) is 15.9. The van der Waals surface area contributed by atoms with E-state index in [9.17, 15) is 9.18 Å². The van der Waals surface area contributed by atoms with E-state index in [0.29, 0.717) is 46.4 Å². The van der Waals surface area contributed by atoms with Gasteiger partial charge in [-0.3, -0.25) is 4.79 Å². The minimum absolute atomic E-state index is 0.116. The van der Waals surface area contributed by atoms with E-state index in [4.69, 9.17) is 10.4 Å². The lowest BCUT2D eigenvalue weighted by molar-refractivity contribution is 0.284. The number of hydrogen-bond donors (Lipinski definition) is 2. The van der Waals surface area contributed by atoms with Gasteiger partial charge in [-0.25, -0.2) is 14.1 Å². The molecule has 2 N–H and O–H groups in total. The SMILES string of the molecule is C=N/C(=C\C=C(/CF)c1nn(Cc2ccc(C#N)cc2)c(=O)c2ccccc12)NCCCCO. The molecule has 0 aliphatic heterocycles. The van der Waals surface area contributed by atoms with Crippen LogP contribution in [-0.2, 0) is 6.54 Å². The van der Waals surface area contributed by atoms with E-state index in [2.05, 4.69) is 28.2 Å². The summed E-state index contributed by atoms with van der Waals surface area (Å²) in [4.78, 5) is 17.0. The first kappa shape index (κ1) is 24.6. The molecule has 0 amide bonds. The molecule has 0 aliphatic carbocycles. The van der Waals surface area contributed by atoms with Gasteiger partial charge in [-0.1, -0.05) is 36.4 Å². The van der Waals surface area contributed by atoms with Crippen LogP contribution in [0.2, 0.25) is 0 Å². The van der Waals surface area contributed by atoms with Crippen LogP contribution in [0.25, 0.3) is 16.3 Å². The molecule has 0 spiro atoms. The predicted octanol–water partition coefficient (Wildman–Crippen LogP) is 3.57. The molecule has 2 aromatic carbocycles. The Hall–Kier alpha value is -4.09. The van der Waals surface area contributed by atoms with Crippen molar-refractivity contribution in [1.29, 1.82) is 5.26 Å². The zero-order valence-corrected chi connectivity index (χ0v) is 18.7. The van der Waals surface area contributed by atoms with Crippen LogP contribution < -0.4 is 10.9 Å². The van der Waals surface area contributed by atoms with E-state index in [1.165, 1.54) is 4.68 Å². The van der Waals surface area contributed by atoms with Gasteiger partial charge in [0.05, 0.1) is 29.3 Å². The normalized spacial score (nSPS) is 11.9. The molecular formula is C26H26FN5O2. The predicted molar refractivity (Wildman–Crippen MR) is 132 cm³/mol. The second-order valence-electron chi connectivity index (χ2n) is 7.56. The molecule has 0 saturated carbocycles. The van der Waals surface area contributed by atoms with Crippen molar-refractivity contribution >= 4 is 23.1 Å². The summed E-state index contributed by atoms with van der Waals surface area (Å²) >= 11 is 0. The highest BCUT2D eigenvalue weighted by molar-refractivity contribution is 5.91. The van der Waals surface area contributed by atoms with Gasteiger partial charge in [0, 0.05) is 24.1 Å². The monoisotopic (exact) mass is 459 g/mol. The number of aromatic nitrogens is 2. The number of unbranched alkanes of at least 4 members (excludes halogenated alkanes) is 1. The Bertz CT molecular complexity index is 1300. The molecule has 0 fully saturated rings. The third-order valence-corrected chi connectivity index (χ3v) is 5.23. The van der Waals surface area contributed by atoms with Crippen molar-refractivity contribution in [3.8, 4) is 6.07 Å². The van der Waals surface area contributed by atoms with Gasteiger partial charge < -0.3 is 10.4 Å². The summed E-state index contributed by atoms with van der Waals surface area (Å²) in [7, 11) is 0. The summed E-state index contributed by atoms with van der Waals surface area (Å²) in [6.45, 7) is 3.64. The van der Waals surface area contributed by atoms with Crippen molar-refractivity contribution in [2.24, 2.45) is 4.99 Å². The first-order valence-corrected chi connectivity index (χ1v) is 10.9. The van der Waals surface area contributed by atoms with Crippen molar-refractivity contribution in [2.45, 2.75) is 19.4 Å². The largest absolute Gasteiger partial charge is 0.396 e. The number of halogens is 1. The van der Waals surface area contributed by atoms with E-state index in [1.807, 2.05) is 0 Å². The Morgan fingerprint density at radius 2 is 1.91 bits per heavy atom. The Kier molecular flexibility index (Phi) is 8.83. The molecule has 7 nitrogen and oxygen atoms in total. The Morgan fingerprint density at radius 3 is 2.56 bits per heavy atom. The summed E-state index contributed by atoms with van der Waals surface area (Å²) in [5.41, 5.74) is 1.70.